The van der Waals surface area contributed by atoms with Crippen LogP contribution in [0.1, 0.15) is 6.42 Å². The van der Waals surface area contributed by atoms with Crippen LogP contribution in [0.4, 0.5) is 4.79 Å². The average Bonchev–Trinajstić information content (AvgIpc) is 2.48. The van der Waals surface area contributed by atoms with Gasteiger partial charge in [0, 0.05) is 6.54 Å². The van der Waals surface area contributed by atoms with Crippen molar-refractivity contribution in [1.82, 2.24) is 4.90 Å². The summed E-state index contributed by atoms with van der Waals surface area (Å²) in [5.74, 6) is 0. The average molecular weight is 175 g/mol. The van der Waals surface area contributed by atoms with Crippen LogP contribution in [0.25, 0.3) is 0 Å². The highest BCUT2D eigenvalue weighted by atomic mass is 16.5. The fraction of sp³-hybridized carbons (Fsp3) is 0.857. The third-order valence-corrected chi connectivity index (χ3v) is 1.86. The van der Waals surface area contributed by atoms with E-state index in [1.165, 1.54) is 4.90 Å². The van der Waals surface area contributed by atoms with Gasteiger partial charge in [-0.2, -0.15) is 0 Å². The van der Waals surface area contributed by atoms with Crippen LogP contribution >= 0.6 is 0 Å². The van der Waals surface area contributed by atoms with E-state index in [0.717, 1.165) is 6.42 Å². The van der Waals surface area contributed by atoms with Crippen LogP contribution in [-0.4, -0.2) is 53.6 Å². The second kappa shape index (κ2) is 4.27. The molecular weight excluding hydrogens is 162 g/mol. The zero-order valence-electron chi connectivity index (χ0n) is 6.77. The molecule has 70 valence electrons. The lowest BCUT2D eigenvalue weighted by Gasteiger charge is -2.12. The van der Waals surface area contributed by atoms with E-state index in [9.17, 15) is 4.79 Å². The molecule has 1 rings (SSSR count). The van der Waals surface area contributed by atoms with Crippen LogP contribution < -0.4 is 0 Å². The fourth-order valence-corrected chi connectivity index (χ4v) is 1.26. The van der Waals surface area contributed by atoms with Crippen molar-refractivity contribution in [2.24, 2.45) is 0 Å². The highest BCUT2D eigenvalue weighted by molar-refractivity contribution is 5.65. The van der Waals surface area contributed by atoms with E-state index in [4.69, 9.17) is 14.9 Å². The van der Waals surface area contributed by atoms with Gasteiger partial charge >= 0.3 is 6.09 Å². The fourth-order valence-electron chi connectivity index (χ4n) is 1.26. The second-order valence-corrected chi connectivity index (χ2v) is 2.73. The molecule has 1 aliphatic heterocycles. The molecule has 1 aliphatic rings. The van der Waals surface area contributed by atoms with Crippen LogP contribution in [-0.2, 0) is 4.74 Å². The minimum absolute atomic E-state index is 0.0103. The van der Waals surface area contributed by atoms with Crippen LogP contribution in [0.2, 0.25) is 0 Å². The summed E-state index contributed by atoms with van der Waals surface area (Å²) in [4.78, 5) is 11.8. The van der Waals surface area contributed by atoms with Crippen LogP contribution in [0.5, 0.6) is 0 Å². The first-order chi connectivity index (χ1) is 5.74. The van der Waals surface area contributed by atoms with Crippen molar-refractivity contribution < 1.29 is 19.7 Å². The van der Waals surface area contributed by atoms with E-state index in [-0.39, 0.29) is 19.3 Å². The number of nitrogens with zero attached hydrogens (tertiary/aromatic N) is 1. The van der Waals surface area contributed by atoms with Gasteiger partial charge in [0.2, 0.25) is 0 Å². The standard InChI is InChI=1S/C7H13NO4/c9-3-4-12-6-1-2-8(5-6)7(10)11/h6,9H,1-5H2,(H,10,11)/t6-/m0/s1. The van der Waals surface area contributed by atoms with Crippen molar-refractivity contribution in [3.8, 4) is 0 Å². The number of hydrogen-bond acceptors (Lipinski definition) is 3. The quantitative estimate of drug-likeness (QED) is 0.620. The number of rotatable bonds is 3. The summed E-state index contributed by atoms with van der Waals surface area (Å²) in [7, 11) is 0. The molecule has 0 bridgehead atoms. The van der Waals surface area contributed by atoms with Crippen LogP contribution in [0.15, 0.2) is 0 Å². The van der Waals surface area contributed by atoms with Gasteiger partial charge in [0.25, 0.3) is 0 Å². The van der Waals surface area contributed by atoms with Crippen molar-refractivity contribution in [3.05, 3.63) is 0 Å². The molecule has 1 amide bonds. The predicted octanol–water partition coefficient (Wildman–Crippen LogP) is -0.252. The number of ether oxygens (including phenoxy) is 1. The van der Waals surface area contributed by atoms with Crippen molar-refractivity contribution in [2.75, 3.05) is 26.3 Å². The highest BCUT2D eigenvalue weighted by Crippen LogP contribution is 2.11. The molecule has 0 aromatic heterocycles. The monoisotopic (exact) mass is 175 g/mol. The van der Waals surface area contributed by atoms with Crippen molar-refractivity contribution >= 4 is 6.09 Å². The summed E-state index contributed by atoms with van der Waals surface area (Å²) in [5, 5.41) is 17.0. The molecule has 2 N–H and O–H groups in total. The van der Waals surface area contributed by atoms with Crippen molar-refractivity contribution in [2.45, 2.75) is 12.5 Å². The number of aliphatic hydroxyl groups is 1. The second-order valence-electron chi connectivity index (χ2n) is 2.73. The molecule has 1 saturated heterocycles. The summed E-state index contributed by atoms with van der Waals surface area (Å²) in [6.45, 7) is 1.24. The summed E-state index contributed by atoms with van der Waals surface area (Å²) in [6, 6.07) is 0. The Labute approximate surface area is 70.5 Å². The van der Waals surface area contributed by atoms with Crippen LogP contribution in [0, 0.1) is 0 Å². The van der Waals surface area contributed by atoms with Gasteiger partial charge in [-0.3, -0.25) is 0 Å². The Hall–Kier alpha value is -0.810. The van der Waals surface area contributed by atoms with E-state index in [1.807, 2.05) is 0 Å². The Morgan fingerprint density at radius 1 is 1.67 bits per heavy atom. The maximum atomic E-state index is 10.4. The largest absolute Gasteiger partial charge is 0.465 e. The van der Waals surface area contributed by atoms with Gasteiger partial charge < -0.3 is 19.8 Å². The minimum Gasteiger partial charge on any atom is -0.465 e. The van der Waals surface area contributed by atoms with Gasteiger partial charge in [-0.15, -0.1) is 0 Å². The molecule has 0 spiro atoms. The Kier molecular flexibility index (Phi) is 3.31. The smallest absolute Gasteiger partial charge is 0.407 e. The summed E-state index contributed by atoms with van der Waals surface area (Å²) >= 11 is 0. The van der Waals surface area contributed by atoms with Gasteiger partial charge in [-0.1, -0.05) is 0 Å². The predicted molar refractivity (Wildman–Crippen MR) is 41.0 cm³/mol. The molecule has 0 radical (unpaired) electrons. The minimum atomic E-state index is -0.898. The van der Waals surface area contributed by atoms with E-state index >= 15 is 0 Å². The van der Waals surface area contributed by atoms with E-state index in [2.05, 4.69) is 0 Å². The van der Waals surface area contributed by atoms with Crippen LogP contribution in [0.3, 0.4) is 0 Å². The molecule has 0 aromatic rings. The number of likely N-dealkylation sites (tertiary alicyclic amines) is 1. The molecule has 1 atom stereocenters. The van der Waals surface area contributed by atoms with Gasteiger partial charge in [0.1, 0.15) is 0 Å². The SMILES string of the molecule is O=C(O)N1CC[C@H](OCCO)C1. The summed E-state index contributed by atoms with van der Waals surface area (Å²) < 4.78 is 5.18. The van der Waals surface area contributed by atoms with Gasteiger partial charge in [0.15, 0.2) is 0 Å². The molecular formula is C7H13NO4. The molecule has 0 unspecified atom stereocenters. The maximum absolute atomic E-state index is 10.4. The Bertz CT molecular complexity index is 161. The molecule has 1 heterocycles. The number of carboxylic acid groups (broad SMARTS) is 1. The van der Waals surface area contributed by atoms with Gasteiger partial charge in [-0.05, 0) is 6.42 Å². The first kappa shape index (κ1) is 9.28. The number of amides is 1. The zero-order chi connectivity index (χ0) is 8.97. The summed E-state index contributed by atoms with van der Waals surface area (Å²) in [5.41, 5.74) is 0. The van der Waals surface area contributed by atoms with Gasteiger partial charge in [-0.25, -0.2) is 4.79 Å². The Morgan fingerprint density at radius 2 is 2.42 bits per heavy atom. The first-order valence-corrected chi connectivity index (χ1v) is 3.94. The summed E-state index contributed by atoms with van der Waals surface area (Å²) in [6.07, 6.45) is -0.204. The van der Waals surface area contributed by atoms with Crippen molar-refractivity contribution in [3.63, 3.8) is 0 Å². The normalized spacial score (nSPS) is 23.1. The number of aliphatic hydroxyl groups excluding tert-OH is 1. The molecule has 0 saturated carbocycles. The number of hydrogen-bond donors (Lipinski definition) is 2. The Morgan fingerprint density at radius 3 is 2.92 bits per heavy atom. The Balaban J connectivity index is 2.21. The lowest BCUT2D eigenvalue weighted by Crippen LogP contribution is -2.28. The molecule has 5 nitrogen and oxygen atoms in total. The topological polar surface area (TPSA) is 70.0 Å². The molecule has 12 heavy (non-hydrogen) atoms. The third-order valence-electron chi connectivity index (χ3n) is 1.86. The van der Waals surface area contributed by atoms with Crippen molar-refractivity contribution in [1.29, 1.82) is 0 Å². The van der Waals surface area contributed by atoms with E-state index in [0.29, 0.717) is 13.1 Å². The molecule has 0 aliphatic carbocycles. The lowest BCUT2D eigenvalue weighted by atomic mass is 10.3. The number of carbonyl (C=O) groups is 1. The molecule has 5 heteroatoms. The maximum Gasteiger partial charge on any atom is 0.407 e. The highest BCUT2D eigenvalue weighted by Gasteiger charge is 2.25. The third kappa shape index (κ3) is 2.35. The van der Waals surface area contributed by atoms with E-state index < -0.39 is 6.09 Å². The van der Waals surface area contributed by atoms with E-state index in [1.54, 1.807) is 0 Å². The first-order valence-electron chi connectivity index (χ1n) is 3.94. The molecule has 1 fully saturated rings. The van der Waals surface area contributed by atoms with Gasteiger partial charge in [0.05, 0.1) is 25.9 Å². The lowest BCUT2D eigenvalue weighted by molar-refractivity contribution is 0.0344. The molecule has 0 aromatic carbocycles. The zero-order valence-corrected chi connectivity index (χ0v) is 6.77.